The van der Waals surface area contributed by atoms with Crippen LogP contribution in [0.15, 0.2) is 18.2 Å². The van der Waals surface area contributed by atoms with Crippen molar-refractivity contribution in [2.45, 2.75) is 39.4 Å². The van der Waals surface area contributed by atoms with Crippen LogP contribution >= 0.6 is 23.4 Å². The molecule has 1 atom stereocenters. The van der Waals surface area contributed by atoms with Gasteiger partial charge in [-0.15, -0.1) is 0 Å². The Morgan fingerprint density at radius 1 is 1.32 bits per heavy atom. The van der Waals surface area contributed by atoms with Crippen LogP contribution in [0.4, 0.5) is 5.69 Å². The van der Waals surface area contributed by atoms with E-state index in [1.54, 1.807) is 0 Å². The lowest BCUT2D eigenvalue weighted by molar-refractivity contribution is 0.587. The summed E-state index contributed by atoms with van der Waals surface area (Å²) >= 11 is 8.02. The van der Waals surface area contributed by atoms with E-state index in [1.807, 2.05) is 17.8 Å². The van der Waals surface area contributed by atoms with Gasteiger partial charge in [-0.1, -0.05) is 31.5 Å². The molecule has 1 unspecified atom stereocenters. The predicted molar refractivity (Wildman–Crippen MR) is 89.7 cm³/mol. The second kappa shape index (κ2) is 8.03. The third-order valence-corrected chi connectivity index (χ3v) is 4.25. The molecule has 0 amide bonds. The molecule has 0 bridgehead atoms. The van der Waals surface area contributed by atoms with Gasteiger partial charge in [0.15, 0.2) is 0 Å². The number of nitrogens with zero attached hydrogens (tertiary/aromatic N) is 1. The largest absolute Gasteiger partial charge is 0.371 e. The van der Waals surface area contributed by atoms with E-state index in [9.17, 15) is 0 Å². The summed E-state index contributed by atoms with van der Waals surface area (Å²) in [7, 11) is 2.14. The summed E-state index contributed by atoms with van der Waals surface area (Å²) < 4.78 is 0. The molecule has 1 N–H and O–H groups in total. The highest BCUT2D eigenvalue weighted by atomic mass is 35.5. The van der Waals surface area contributed by atoms with Gasteiger partial charge in [0, 0.05) is 42.1 Å². The zero-order valence-corrected chi connectivity index (χ0v) is 14.1. The Bertz CT molecular complexity index is 396. The molecule has 0 saturated carbocycles. The van der Waals surface area contributed by atoms with Crippen LogP contribution in [0.1, 0.15) is 26.3 Å². The van der Waals surface area contributed by atoms with Crippen molar-refractivity contribution in [3.05, 3.63) is 28.8 Å². The van der Waals surface area contributed by atoms with E-state index in [0.29, 0.717) is 12.1 Å². The van der Waals surface area contributed by atoms with Crippen LogP contribution in [0.3, 0.4) is 0 Å². The normalized spacial score (nSPS) is 12.8. The van der Waals surface area contributed by atoms with Gasteiger partial charge in [0.05, 0.1) is 0 Å². The second-order valence-electron chi connectivity index (χ2n) is 5.22. The molecule has 2 nitrogen and oxygen atoms in total. The number of hydrogen-bond acceptors (Lipinski definition) is 3. The zero-order chi connectivity index (χ0) is 14.4. The lowest BCUT2D eigenvalue weighted by atomic mass is 10.1. The standard InChI is InChI=1S/C15H25ClN2S/c1-11(2)17-9-13-6-7-14(16)8-15(13)18(4)12(3)10-19-5/h6-8,11-12,17H,9-10H2,1-5H3. The number of thioether (sulfide) groups is 1. The predicted octanol–water partition coefficient (Wildman–Crippen LogP) is 4.03. The van der Waals surface area contributed by atoms with E-state index in [1.165, 1.54) is 11.3 Å². The first-order valence-corrected chi connectivity index (χ1v) is 8.46. The van der Waals surface area contributed by atoms with Crippen molar-refractivity contribution < 1.29 is 0 Å². The van der Waals surface area contributed by atoms with Crippen LogP contribution in [0, 0.1) is 0 Å². The number of rotatable bonds is 7. The molecule has 0 fully saturated rings. The molecule has 0 heterocycles. The Morgan fingerprint density at radius 3 is 2.58 bits per heavy atom. The molecular formula is C15H25ClN2S. The van der Waals surface area contributed by atoms with Crippen LogP contribution < -0.4 is 10.2 Å². The quantitative estimate of drug-likeness (QED) is 0.818. The number of benzene rings is 1. The van der Waals surface area contributed by atoms with Crippen molar-refractivity contribution in [3.8, 4) is 0 Å². The first-order chi connectivity index (χ1) is 8.95. The van der Waals surface area contributed by atoms with E-state index in [0.717, 1.165) is 17.3 Å². The van der Waals surface area contributed by atoms with Gasteiger partial charge in [-0.2, -0.15) is 11.8 Å². The van der Waals surface area contributed by atoms with E-state index in [4.69, 9.17) is 11.6 Å². The first-order valence-electron chi connectivity index (χ1n) is 6.69. The van der Waals surface area contributed by atoms with Crippen LogP contribution in [-0.2, 0) is 6.54 Å². The molecule has 1 rings (SSSR count). The van der Waals surface area contributed by atoms with Crippen LogP contribution in [-0.4, -0.2) is 31.1 Å². The Kier molecular flexibility index (Phi) is 7.05. The fourth-order valence-electron chi connectivity index (χ4n) is 1.92. The molecule has 0 spiro atoms. The van der Waals surface area contributed by atoms with Crippen LogP contribution in [0.25, 0.3) is 0 Å². The van der Waals surface area contributed by atoms with E-state index in [-0.39, 0.29) is 0 Å². The number of anilines is 1. The Hall–Kier alpha value is -0.380. The Morgan fingerprint density at radius 2 is 2.00 bits per heavy atom. The van der Waals surface area contributed by atoms with Crippen molar-refractivity contribution in [1.29, 1.82) is 0 Å². The van der Waals surface area contributed by atoms with Crippen molar-refractivity contribution >= 4 is 29.1 Å². The lowest BCUT2D eigenvalue weighted by Crippen LogP contribution is -2.32. The van der Waals surface area contributed by atoms with Gasteiger partial charge >= 0.3 is 0 Å². The summed E-state index contributed by atoms with van der Waals surface area (Å²) in [6, 6.07) is 7.13. The van der Waals surface area contributed by atoms with Gasteiger partial charge in [-0.05, 0) is 30.9 Å². The molecule has 0 aliphatic carbocycles. The molecule has 0 aliphatic heterocycles. The van der Waals surface area contributed by atoms with Gasteiger partial charge in [0.2, 0.25) is 0 Å². The molecule has 0 saturated heterocycles. The van der Waals surface area contributed by atoms with Crippen LogP contribution in [0.2, 0.25) is 5.02 Å². The topological polar surface area (TPSA) is 15.3 Å². The fraction of sp³-hybridized carbons (Fsp3) is 0.600. The molecule has 0 radical (unpaired) electrons. The van der Waals surface area contributed by atoms with E-state index >= 15 is 0 Å². The molecule has 1 aromatic rings. The maximum absolute atomic E-state index is 6.15. The van der Waals surface area contributed by atoms with Gasteiger partial charge in [-0.3, -0.25) is 0 Å². The maximum Gasteiger partial charge on any atom is 0.0426 e. The minimum absolute atomic E-state index is 0.484. The third kappa shape index (κ3) is 5.25. The maximum atomic E-state index is 6.15. The van der Waals surface area contributed by atoms with Crippen molar-refractivity contribution in [3.63, 3.8) is 0 Å². The molecule has 0 aromatic heterocycles. The van der Waals surface area contributed by atoms with E-state index in [2.05, 4.69) is 56.4 Å². The summed E-state index contributed by atoms with van der Waals surface area (Å²) in [5.41, 5.74) is 2.52. The summed E-state index contributed by atoms with van der Waals surface area (Å²) in [5.74, 6) is 1.11. The summed E-state index contributed by atoms with van der Waals surface area (Å²) in [5, 5.41) is 4.27. The molecular weight excluding hydrogens is 276 g/mol. The molecule has 0 aliphatic rings. The van der Waals surface area contributed by atoms with Crippen molar-refractivity contribution in [1.82, 2.24) is 5.32 Å². The third-order valence-electron chi connectivity index (χ3n) is 3.20. The Balaban J connectivity index is 2.92. The minimum Gasteiger partial charge on any atom is -0.371 e. The molecule has 108 valence electrons. The second-order valence-corrected chi connectivity index (χ2v) is 6.57. The summed E-state index contributed by atoms with van der Waals surface area (Å²) in [4.78, 5) is 2.32. The molecule has 4 heteroatoms. The fourth-order valence-corrected chi connectivity index (χ4v) is 2.79. The number of halogens is 1. The van der Waals surface area contributed by atoms with Crippen LogP contribution in [0.5, 0.6) is 0 Å². The number of hydrogen-bond donors (Lipinski definition) is 1. The summed E-state index contributed by atoms with van der Waals surface area (Å²) in [6.45, 7) is 7.45. The van der Waals surface area contributed by atoms with Gasteiger partial charge < -0.3 is 10.2 Å². The number of nitrogens with one attached hydrogen (secondary N) is 1. The lowest BCUT2D eigenvalue weighted by Gasteiger charge is -2.29. The average molecular weight is 301 g/mol. The smallest absolute Gasteiger partial charge is 0.0426 e. The highest BCUT2D eigenvalue weighted by Gasteiger charge is 2.14. The Labute approximate surface area is 126 Å². The van der Waals surface area contributed by atoms with Crippen molar-refractivity contribution in [2.75, 3.05) is 24.0 Å². The first kappa shape index (κ1) is 16.7. The van der Waals surface area contributed by atoms with E-state index < -0.39 is 0 Å². The zero-order valence-electron chi connectivity index (χ0n) is 12.5. The molecule has 1 aromatic carbocycles. The molecule has 19 heavy (non-hydrogen) atoms. The van der Waals surface area contributed by atoms with Gasteiger partial charge in [-0.25, -0.2) is 0 Å². The van der Waals surface area contributed by atoms with Gasteiger partial charge in [0.25, 0.3) is 0 Å². The summed E-state index contributed by atoms with van der Waals surface area (Å²) in [6.07, 6.45) is 2.14. The SMILES string of the molecule is CSCC(C)N(C)c1cc(Cl)ccc1CNC(C)C. The van der Waals surface area contributed by atoms with Gasteiger partial charge in [0.1, 0.15) is 0 Å². The average Bonchev–Trinajstić information content (AvgIpc) is 2.36. The highest BCUT2D eigenvalue weighted by Crippen LogP contribution is 2.26. The monoisotopic (exact) mass is 300 g/mol. The highest BCUT2D eigenvalue weighted by molar-refractivity contribution is 7.98. The van der Waals surface area contributed by atoms with Crippen molar-refractivity contribution in [2.24, 2.45) is 0 Å². The minimum atomic E-state index is 0.484.